The highest BCUT2D eigenvalue weighted by atomic mass is 16.5. The first-order valence-corrected chi connectivity index (χ1v) is 7.67. The summed E-state index contributed by atoms with van der Waals surface area (Å²) in [4.78, 5) is 50.2. The summed E-state index contributed by atoms with van der Waals surface area (Å²) in [5.41, 5.74) is -0.168. The molecule has 0 aliphatic carbocycles. The number of esters is 1. The van der Waals surface area contributed by atoms with Crippen LogP contribution in [0.25, 0.3) is 0 Å². The fraction of sp³-hybridized carbons (Fsp3) is 0.222. The average molecular weight is 357 g/mol. The number of hydrogen-bond donors (Lipinski definition) is 1. The van der Waals surface area contributed by atoms with E-state index in [1.165, 1.54) is 48.0 Å². The van der Waals surface area contributed by atoms with Gasteiger partial charge in [-0.3, -0.25) is 14.4 Å². The molecule has 0 bridgehead atoms. The normalized spacial score (nSPS) is 10.2. The van der Waals surface area contributed by atoms with E-state index in [-0.39, 0.29) is 28.3 Å². The standard InChI is InChI=1S/C18H19N3O5/c1-20(2)16(23)11-9-14(17(24)21(3)10-11)19-15(22)12-7-5-6-8-13(12)18(25)26-4/h5-10H,1-4H3,(H,19,22). The molecule has 0 saturated carbocycles. The number of aromatic nitrogens is 1. The lowest BCUT2D eigenvalue weighted by Gasteiger charge is -2.13. The minimum atomic E-state index is -0.666. The van der Waals surface area contributed by atoms with Crippen molar-refractivity contribution in [3.05, 3.63) is 63.6 Å². The molecule has 8 heteroatoms. The third-order valence-electron chi connectivity index (χ3n) is 3.66. The molecule has 0 saturated heterocycles. The number of rotatable bonds is 4. The summed E-state index contributed by atoms with van der Waals surface area (Å²) >= 11 is 0. The second kappa shape index (κ2) is 7.64. The lowest BCUT2D eigenvalue weighted by Crippen LogP contribution is -2.28. The minimum absolute atomic E-state index is 0.0609. The maximum atomic E-state index is 12.6. The molecule has 2 amide bonds. The van der Waals surface area contributed by atoms with Gasteiger partial charge in [-0.25, -0.2) is 4.79 Å². The molecule has 2 aromatic rings. The lowest BCUT2D eigenvalue weighted by atomic mass is 10.1. The number of carbonyl (C=O) groups is 3. The van der Waals surface area contributed by atoms with Crippen molar-refractivity contribution in [3.8, 4) is 0 Å². The van der Waals surface area contributed by atoms with Crippen LogP contribution in [0, 0.1) is 0 Å². The Kier molecular flexibility index (Phi) is 5.56. The third kappa shape index (κ3) is 3.80. The van der Waals surface area contributed by atoms with Crippen LogP contribution in [0.1, 0.15) is 31.1 Å². The Morgan fingerprint density at radius 3 is 2.31 bits per heavy atom. The van der Waals surface area contributed by atoms with Gasteiger partial charge < -0.3 is 19.5 Å². The van der Waals surface area contributed by atoms with Crippen LogP contribution in [-0.2, 0) is 11.8 Å². The number of anilines is 1. The highest BCUT2D eigenvalue weighted by Crippen LogP contribution is 2.13. The van der Waals surface area contributed by atoms with Gasteiger partial charge in [0.15, 0.2) is 0 Å². The van der Waals surface area contributed by atoms with Gasteiger partial charge in [0.1, 0.15) is 5.69 Å². The Hall–Kier alpha value is -3.42. The number of amides is 2. The molecule has 1 heterocycles. The zero-order valence-corrected chi connectivity index (χ0v) is 14.9. The van der Waals surface area contributed by atoms with Gasteiger partial charge in [-0.05, 0) is 18.2 Å². The molecule has 0 fully saturated rings. The van der Waals surface area contributed by atoms with Crippen molar-refractivity contribution < 1.29 is 19.1 Å². The Labute approximate surface area is 150 Å². The van der Waals surface area contributed by atoms with Crippen molar-refractivity contribution >= 4 is 23.5 Å². The first kappa shape index (κ1) is 18.9. The fourth-order valence-corrected chi connectivity index (χ4v) is 2.34. The average Bonchev–Trinajstić information content (AvgIpc) is 2.63. The van der Waals surface area contributed by atoms with Crippen LogP contribution >= 0.6 is 0 Å². The summed E-state index contributed by atoms with van der Waals surface area (Å²) in [6.07, 6.45) is 1.39. The summed E-state index contributed by atoms with van der Waals surface area (Å²) in [6.45, 7) is 0. The number of nitrogens with one attached hydrogen (secondary N) is 1. The topological polar surface area (TPSA) is 97.7 Å². The zero-order valence-electron chi connectivity index (χ0n) is 14.9. The Morgan fingerprint density at radius 2 is 1.73 bits per heavy atom. The van der Waals surface area contributed by atoms with E-state index in [1.807, 2.05) is 0 Å². The highest BCUT2D eigenvalue weighted by molar-refractivity contribution is 6.11. The van der Waals surface area contributed by atoms with Crippen LogP contribution < -0.4 is 10.9 Å². The molecule has 0 radical (unpaired) electrons. The molecule has 1 aromatic carbocycles. The van der Waals surface area contributed by atoms with E-state index in [4.69, 9.17) is 0 Å². The van der Waals surface area contributed by atoms with Crippen LogP contribution in [0.15, 0.2) is 41.3 Å². The van der Waals surface area contributed by atoms with Crippen molar-refractivity contribution in [1.29, 1.82) is 0 Å². The molecule has 0 aliphatic rings. The molecular formula is C18H19N3O5. The van der Waals surface area contributed by atoms with Crippen LogP contribution in [0.5, 0.6) is 0 Å². The molecule has 0 spiro atoms. The molecular weight excluding hydrogens is 338 g/mol. The summed E-state index contributed by atoms with van der Waals surface area (Å²) in [5.74, 6) is -1.64. The van der Waals surface area contributed by atoms with Crippen LogP contribution in [-0.4, -0.2) is 48.5 Å². The molecule has 0 unspecified atom stereocenters. The Bertz CT molecular complexity index is 931. The van der Waals surface area contributed by atoms with Crippen molar-refractivity contribution in [1.82, 2.24) is 9.47 Å². The van der Waals surface area contributed by atoms with Gasteiger partial charge in [0.05, 0.1) is 23.8 Å². The fourth-order valence-electron chi connectivity index (χ4n) is 2.34. The van der Waals surface area contributed by atoms with E-state index in [0.29, 0.717) is 0 Å². The van der Waals surface area contributed by atoms with E-state index < -0.39 is 17.4 Å². The molecule has 8 nitrogen and oxygen atoms in total. The maximum absolute atomic E-state index is 12.6. The number of benzene rings is 1. The van der Waals surface area contributed by atoms with Crippen LogP contribution in [0.3, 0.4) is 0 Å². The summed E-state index contributed by atoms with van der Waals surface area (Å²) in [7, 11) is 5.85. The molecule has 136 valence electrons. The van der Waals surface area contributed by atoms with Crippen molar-refractivity contribution in [2.45, 2.75) is 0 Å². The first-order chi connectivity index (χ1) is 12.3. The predicted octanol–water partition coefficient (Wildman–Crippen LogP) is 1.13. The summed E-state index contributed by atoms with van der Waals surface area (Å²) in [6, 6.07) is 7.39. The number of carbonyl (C=O) groups excluding carboxylic acids is 3. The molecule has 2 rings (SSSR count). The summed E-state index contributed by atoms with van der Waals surface area (Å²) in [5, 5.41) is 2.47. The smallest absolute Gasteiger partial charge is 0.338 e. The third-order valence-corrected chi connectivity index (χ3v) is 3.66. The second-order valence-electron chi connectivity index (χ2n) is 5.75. The number of nitrogens with zero attached hydrogens (tertiary/aromatic N) is 2. The van der Waals surface area contributed by atoms with E-state index >= 15 is 0 Å². The lowest BCUT2D eigenvalue weighted by molar-refractivity contribution is 0.0597. The SMILES string of the molecule is COC(=O)c1ccccc1C(=O)Nc1cc(C(=O)N(C)C)cn(C)c1=O. The van der Waals surface area contributed by atoms with E-state index in [1.54, 1.807) is 26.2 Å². The Morgan fingerprint density at radius 1 is 1.12 bits per heavy atom. The van der Waals surface area contributed by atoms with Crippen molar-refractivity contribution in [3.63, 3.8) is 0 Å². The summed E-state index contributed by atoms with van der Waals surface area (Å²) < 4.78 is 5.87. The molecule has 1 aromatic heterocycles. The Balaban J connectivity index is 2.43. The van der Waals surface area contributed by atoms with Gasteiger partial charge >= 0.3 is 5.97 Å². The quantitative estimate of drug-likeness (QED) is 0.827. The predicted molar refractivity (Wildman–Crippen MR) is 95.4 cm³/mol. The number of pyridine rings is 1. The second-order valence-corrected chi connectivity index (χ2v) is 5.75. The number of ether oxygens (including phenoxy) is 1. The molecule has 0 atom stereocenters. The van der Waals surface area contributed by atoms with Crippen LogP contribution in [0.2, 0.25) is 0 Å². The zero-order chi connectivity index (χ0) is 19.4. The van der Waals surface area contributed by atoms with Gasteiger partial charge in [-0.2, -0.15) is 0 Å². The maximum Gasteiger partial charge on any atom is 0.338 e. The van der Waals surface area contributed by atoms with E-state index in [0.717, 1.165) is 0 Å². The molecule has 0 aliphatic heterocycles. The minimum Gasteiger partial charge on any atom is -0.465 e. The number of hydrogen-bond acceptors (Lipinski definition) is 5. The highest BCUT2D eigenvalue weighted by Gasteiger charge is 2.19. The van der Waals surface area contributed by atoms with Crippen LogP contribution in [0.4, 0.5) is 5.69 Å². The number of methoxy groups -OCH3 is 1. The van der Waals surface area contributed by atoms with Gasteiger partial charge in [-0.15, -0.1) is 0 Å². The van der Waals surface area contributed by atoms with Gasteiger partial charge in [0.25, 0.3) is 17.4 Å². The molecule has 26 heavy (non-hydrogen) atoms. The van der Waals surface area contributed by atoms with E-state index in [9.17, 15) is 19.2 Å². The molecule has 1 N–H and O–H groups in total. The van der Waals surface area contributed by atoms with Crippen molar-refractivity contribution in [2.24, 2.45) is 7.05 Å². The largest absolute Gasteiger partial charge is 0.465 e. The van der Waals surface area contributed by atoms with Crippen molar-refractivity contribution in [2.75, 3.05) is 26.5 Å². The van der Waals surface area contributed by atoms with E-state index in [2.05, 4.69) is 10.1 Å². The van der Waals surface area contributed by atoms with Gasteiger partial charge in [-0.1, -0.05) is 12.1 Å². The van der Waals surface area contributed by atoms with Gasteiger partial charge in [0, 0.05) is 27.3 Å². The number of aryl methyl sites for hydroxylation is 1. The monoisotopic (exact) mass is 357 g/mol. The first-order valence-electron chi connectivity index (χ1n) is 7.67. The van der Waals surface area contributed by atoms with Gasteiger partial charge in [0.2, 0.25) is 0 Å².